The lowest BCUT2D eigenvalue weighted by molar-refractivity contribution is -0.122. The Morgan fingerprint density at radius 2 is 2.00 bits per heavy atom. The first-order chi connectivity index (χ1) is 8.78. The van der Waals surface area contributed by atoms with Crippen LogP contribution in [0.4, 0.5) is 4.39 Å². The second kappa shape index (κ2) is 6.66. The molecule has 0 heterocycles. The number of benzene rings is 1. The Hall–Kier alpha value is -1.42. The van der Waals surface area contributed by atoms with E-state index in [9.17, 15) is 9.18 Å². The van der Waals surface area contributed by atoms with Crippen LogP contribution in [-0.4, -0.2) is 18.0 Å². The Bertz CT molecular complexity index is 438. The number of amides is 1. The summed E-state index contributed by atoms with van der Waals surface area (Å²) >= 11 is 0. The van der Waals surface area contributed by atoms with Gasteiger partial charge in [-0.15, -0.1) is 0 Å². The highest BCUT2D eigenvalue weighted by Gasteiger charge is 2.12. The van der Waals surface area contributed by atoms with E-state index in [0.29, 0.717) is 19.5 Å². The average molecular weight is 266 g/mol. The molecular formula is C15H23FN2O. The summed E-state index contributed by atoms with van der Waals surface area (Å²) in [6.45, 7) is 9.01. The zero-order chi connectivity index (χ0) is 14.5. The molecule has 0 fully saturated rings. The van der Waals surface area contributed by atoms with Gasteiger partial charge in [0, 0.05) is 25.0 Å². The van der Waals surface area contributed by atoms with Crippen LogP contribution in [-0.2, 0) is 11.3 Å². The van der Waals surface area contributed by atoms with Crippen molar-refractivity contribution in [1.82, 2.24) is 10.6 Å². The highest BCUT2D eigenvalue weighted by molar-refractivity contribution is 5.76. The third-order valence-corrected chi connectivity index (χ3v) is 2.66. The lowest BCUT2D eigenvalue weighted by Gasteiger charge is -2.20. The van der Waals surface area contributed by atoms with Crippen molar-refractivity contribution in [2.24, 2.45) is 0 Å². The van der Waals surface area contributed by atoms with Gasteiger partial charge in [-0.2, -0.15) is 0 Å². The van der Waals surface area contributed by atoms with Crippen molar-refractivity contribution in [1.29, 1.82) is 0 Å². The van der Waals surface area contributed by atoms with Crippen molar-refractivity contribution >= 4 is 5.91 Å². The summed E-state index contributed by atoms with van der Waals surface area (Å²) in [5.74, 6) is -0.179. The lowest BCUT2D eigenvalue weighted by Crippen LogP contribution is -2.41. The molecule has 0 aliphatic rings. The van der Waals surface area contributed by atoms with E-state index in [-0.39, 0.29) is 17.3 Å². The molecule has 4 heteroatoms. The highest BCUT2D eigenvalue weighted by atomic mass is 19.1. The van der Waals surface area contributed by atoms with Crippen LogP contribution in [0, 0.1) is 12.7 Å². The van der Waals surface area contributed by atoms with Crippen molar-refractivity contribution < 1.29 is 9.18 Å². The van der Waals surface area contributed by atoms with Crippen LogP contribution in [0.2, 0.25) is 0 Å². The van der Waals surface area contributed by atoms with Gasteiger partial charge in [-0.05, 0) is 51.0 Å². The quantitative estimate of drug-likeness (QED) is 0.804. The first-order valence-electron chi connectivity index (χ1n) is 6.55. The SMILES string of the molecule is Cc1cc(F)ccc1CNCCC(=O)NC(C)(C)C. The second-order valence-corrected chi connectivity index (χ2v) is 5.80. The highest BCUT2D eigenvalue weighted by Crippen LogP contribution is 2.09. The first-order valence-corrected chi connectivity index (χ1v) is 6.55. The molecule has 106 valence electrons. The number of aryl methyl sites for hydroxylation is 1. The van der Waals surface area contributed by atoms with E-state index in [1.54, 1.807) is 6.07 Å². The van der Waals surface area contributed by atoms with Crippen LogP contribution in [0.25, 0.3) is 0 Å². The molecule has 1 aromatic rings. The van der Waals surface area contributed by atoms with E-state index in [1.165, 1.54) is 12.1 Å². The molecule has 0 saturated heterocycles. The summed E-state index contributed by atoms with van der Waals surface area (Å²) in [4.78, 5) is 11.6. The molecule has 19 heavy (non-hydrogen) atoms. The number of hydrogen-bond acceptors (Lipinski definition) is 2. The second-order valence-electron chi connectivity index (χ2n) is 5.80. The van der Waals surface area contributed by atoms with Gasteiger partial charge in [0.2, 0.25) is 5.91 Å². The summed E-state index contributed by atoms with van der Waals surface area (Å²) in [7, 11) is 0. The van der Waals surface area contributed by atoms with Gasteiger partial charge in [-0.1, -0.05) is 6.07 Å². The summed E-state index contributed by atoms with van der Waals surface area (Å²) in [5, 5.41) is 6.10. The van der Waals surface area contributed by atoms with Crippen molar-refractivity contribution in [3.63, 3.8) is 0 Å². The Morgan fingerprint density at radius 1 is 1.32 bits per heavy atom. The molecule has 0 saturated carbocycles. The van der Waals surface area contributed by atoms with Gasteiger partial charge in [0.1, 0.15) is 5.82 Å². The number of rotatable bonds is 5. The van der Waals surface area contributed by atoms with Gasteiger partial charge in [-0.3, -0.25) is 4.79 Å². The van der Waals surface area contributed by atoms with Crippen molar-refractivity contribution in [3.05, 3.63) is 35.1 Å². The van der Waals surface area contributed by atoms with Gasteiger partial charge in [0.05, 0.1) is 0 Å². The fourth-order valence-corrected chi connectivity index (χ4v) is 1.76. The van der Waals surface area contributed by atoms with Gasteiger partial charge in [0.15, 0.2) is 0 Å². The van der Waals surface area contributed by atoms with E-state index in [4.69, 9.17) is 0 Å². The molecule has 1 aromatic carbocycles. The van der Waals surface area contributed by atoms with Gasteiger partial charge in [0.25, 0.3) is 0 Å². The molecule has 0 aliphatic heterocycles. The smallest absolute Gasteiger partial charge is 0.221 e. The molecule has 0 atom stereocenters. The molecular weight excluding hydrogens is 243 g/mol. The van der Waals surface area contributed by atoms with Crippen LogP contribution in [0.15, 0.2) is 18.2 Å². The molecule has 0 bridgehead atoms. The minimum atomic E-state index is -0.217. The number of hydrogen-bond donors (Lipinski definition) is 2. The van der Waals surface area contributed by atoms with Crippen LogP contribution in [0.3, 0.4) is 0 Å². The maximum Gasteiger partial charge on any atom is 0.221 e. The molecule has 0 spiro atoms. The van der Waals surface area contributed by atoms with Crippen LogP contribution in [0.5, 0.6) is 0 Å². The van der Waals surface area contributed by atoms with Gasteiger partial charge in [-0.25, -0.2) is 4.39 Å². The summed E-state index contributed by atoms with van der Waals surface area (Å²) < 4.78 is 12.9. The molecule has 0 aliphatic carbocycles. The van der Waals surface area contributed by atoms with Crippen molar-refractivity contribution in [3.8, 4) is 0 Å². The van der Waals surface area contributed by atoms with Crippen molar-refractivity contribution in [2.45, 2.75) is 46.2 Å². The van der Waals surface area contributed by atoms with Crippen LogP contribution >= 0.6 is 0 Å². The molecule has 0 aromatic heterocycles. The predicted octanol–water partition coefficient (Wildman–Crippen LogP) is 2.53. The minimum Gasteiger partial charge on any atom is -0.351 e. The molecule has 1 rings (SSSR count). The third-order valence-electron chi connectivity index (χ3n) is 2.66. The fraction of sp³-hybridized carbons (Fsp3) is 0.533. The molecule has 0 unspecified atom stereocenters. The lowest BCUT2D eigenvalue weighted by atomic mass is 10.1. The summed E-state index contributed by atoms with van der Waals surface area (Å²) in [5.41, 5.74) is 1.79. The average Bonchev–Trinajstić information content (AvgIpc) is 2.24. The number of nitrogens with one attached hydrogen (secondary N) is 2. The minimum absolute atomic E-state index is 0.0378. The fourth-order valence-electron chi connectivity index (χ4n) is 1.76. The topological polar surface area (TPSA) is 41.1 Å². The maximum absolute atomic E-state index is 12.9. The predicted molar refractivity (Wildman–Crippen MR) is 75.4 cm³/mol. The van der Waals surface area contributed by atoms with E-state index in [2.05, 4.69) is 10.6 Å². The number of halogens is 1. The standard InChI is InChI=1S/C15H23FN2O/c1-11-9-13(16)6-5-12(11)10-17-8-7-14(19)18-15(2,3)4/h5-6,9,17H,7-8,10H2,1-4H3,(H,18,19). The van der Waals surface area contributed by atoms with E-state index in [1.807, 2.05) is 27.7 Å². The molecule has 1 amide bonds. The van der Waals surface area contributed by atoms with Crippen LogP contribution < -0.4 is 10.6 Å². The Morgan fingerprint density at radius 3 is 2.58 bits per heavy atom. The Labute approximate surface area is 114 Å². The number of carbonyl (C=O) groups excluding carboxylic acids is 1. The Kier molecular flexibility index (Phi) is 5.48. The maximum atomic E-state index is 12.9. The largest absolute Gasteiger partial charge is 0.351 e. The zero-order valence-electron chi connectivity index (χ0n) is 12.1. The van der Waals surface area contributed by atoms with Crippen LogP contribution in [0.1, 0.15) is 38.3 Å². The Balaban J connectivity index is 2.29. The van der Waals surface area contributed by atoms with Gasteiger partial charge >= 0.3 is 0 Å². The summed E-state index contributed by atoms with van der Waals surface area (Å²) in [6, 6.07) is 4.74. The normalized spacial score (nSPS) is 11.4. The first kappa shape index (κ1) is 15.6. The van der Waals surface area contributed by atoms with E-state index < -0.39 is 0 Å². The molecule has 3 nitrogen and oxygen atoms in total. The molecule has 2 N–H and O–H groups in total. The van der Waals surface area contributed by atoms with E-state index >= 15 is 0 Å². The van der Waals surface area contributed by atoms with Crippen molar-refractivity contribution in [2.75, 3.05) is 6.54 Å². The zero-order valence-corrected chi connectivity index (χ0v) is 12.1. The number of carbonyl (C=O) groups is 1. The van der Waals surface area contributed by atoms with Gasteiger partial charge < -0.3 is 10.6 Å². The monoisotopic (exact) mass is 266 g/mol. The molecule has 0 radical (unpaired) electrons. The summed E-state index contributed by atoms with van der Waals surface area (Å²) in [6.07, 6.45) is 0.442. The third kappa shape index (κ3) is 6.34. The van der Waals surface area contributed by atoms with E-state index in [0.717, 1.165) is 11.1 Å².